The molecule has 1 aromatic rings. The standard InChI is InChI=1S/C15H25ClN4/c1-11-8-20(15(10-17-11)6-4-5-7-15)9-13-12(2)18-19(3)14(13)16/h11,17H,4-10H2,1-3H3. The minimum atomic E-state index is 0.345. The van der Waals surface area contributed by atoms with Crippen LogP contribution in [0.25, 0.3) is 0 Å². The van der Waals surface area contributed by atoms with Crippen LogP contribution in [-0.4, -0.2) is 39.4 Å². The van der Waals surface area contributed by atoms with Crippen molar-refractivity contribution in [1.82, 2.24) is 20.0 Å². The van der Waals surface area contributed by atoms with Crippen LogP contribution in [0.4, 0.5) is 0 Å². The molecular weight excluding hydrogens is 272 g/mol. The van der Waals surface area contributed by atoms with E-state index in [1.165, 1.54) is 31.2 Å². The number of halogens is 1. The fourth-order valence-corrected chi connectivity index (χ4v) is 4.10. The van der Waals surface area contributed by atoms with Gasteiger partial charge >= 0.3 is 0 Å². The van der Waals surface area contributed by atoms with Gasteiger partial charge in [-0.05, 0) is 26.7 Å². The molecule has 1 aromatic heterocycles. The Kier molecular flexibility index (Phi) is 3.82. The van der Waals surface area contributed by atoms with Crippen LogP contribution < -0.4 is 5.32 Å². The van der Waals surface area contributed by atoms with Crippen molar-refractivity contribution in [2.75, 3.05) is 13.1 Å². The van der Waals surface area contributed by atoms with Crippen molar-refractivity contribution in [3.8, 4) is 0 Å². The Balaban J connectivity index is 1.86. The maximum absolute atomic E-state index is 6.42. The van der Waals surface area contributed by atoms with Gasteiger partial charge in [0, 0.05) is 43.8 Å². The average molecular weight is 297 g/mol. The molecule has 1 aliphatic heterocycles. The Labute approximate surface area is 126 Å². The van der Waals surface area contributed by atoms with Crippen molar-refractivity contribution in [2.45, 2.75) is 57.7 Å². The van der Waals surface area contributed by atoms with Crippen LogP contribution in [0.2, 0.25) is 5.15 Å². The number of hydrogen-bond acceptors (Lipinski definition) is 3. The third-order valence-corrected chi connectivity index (χ3v) is 5.57. The predicted octanol–water partition coefficient (Wildman–Crippen LogP) is 2.49. The average Bonchev–Trinajstić information content (AvgIpc) is 2.96. The van der Waals surface area contributed by atoms with E-state index in [9.17, 15) is 0 Å². The molecule has 3 rings (SSSR count). The van der Waals surface area contributed by atoms with Gasteiger partial charge in [-0.25, -0.2) is 0 Å². The number of rotatable bonds is 2. The molecule has 4 nitrogen and oxygen atoms in total. The molecule has 1 saturated carbocycles. The zero-order chi connectivity index (χ0) is 14.3. The fraction of sp³-hybridized carbons (Fsp3) is 0.800. The topological polar surface area (TPSA) is 33.1 Å². The second kappa shape index (κ2) is 5.32. The van der Waals surface area contributed by atoms with Crippen LogP contribution >= 0.6 is 11.6 Å². The minimum Gasteiger partial charge on any atom is -0.311 e. The van der Waals surface area contributed by atoms with E-state index in [0.717, 1.165) is 30.5 Å². The zero-order valence-corrected chi connectivity index (χ0v) is 13.5. The van der Waals surface area contributed by atoms with Gasteiger partial charge in [0.05, 0.1) is 5.69 Å². The highest BCUT2D eigenvalue weighted by molar-refractivity contribution is 6.30. The highest BCUT2D eigenvalue weighted by atomic mass is 35.5. The minimum absolute atomic E-state index is 0.345. The molecule has 112 valence electrons. The van der Waals surface area contributed by atoms with Crippen molar-refractivity contribution in [3.63, 3.8) is 0 Å². The quantitative estimate of drug-likeness (QED) is 0.910. The normalized spacial score (nSPS) is 26.5. The lowest BCUT2D eigenvalue weighted by Gasteiger charge is -2.47. The van der Waals surface area contributed by atoms with Crippen LogP contribution in [0.5, 0.6) is 0 Å². The lowest BCUT2D eigenvalue weighted by atomic mass is 9.90. The van der Waals surface area contributed by atoms with Crippen LogP contribution in [0.3, 0.4) is 0 Å². The monoisotopic (exact) mass is 296 g/mol. The van der Waals surface area contributed by atoms with E-state index in [0.29, 0.717) is 11.6 Å². The van der Waals surface area contributed by atoms with E-state index in [1.807, 2.05) is 7.05 Å². The van der Waals surface area contributed by atoms with Crippen molar-refractivity contribution >= 4 is 11.6 Å². The van der Waals surface area contributed by atoms with Crippen LogP contribution in [0.1, 0.15) is 43.9 Å². The fourth-order valence-electron chi connectivity index (χ4n) is 3.87. The van der Waals surface area contributed by atoms with Gasteiger partial charge in [0.1, 0.15) is 5.15 Å². The first-order valence-electron chi connectivity index (χ1n) is 7.68. The predicted molar refractivity (Wildman–Crippen MR) is 82.0 cm³/mol. The summed E-state index contributed by atoms with van der Waals surface area (Å²) in [7, 11) is 1.92. The molecule has 0 bridgehead atoms. The first-order chi connectivity index (χ1) is 9.52. The molecule has 1 spiro atoms. The summed E-state index contributed by atoms with van der Waals surface area (Å²) in [6.07, 6.45) is 5.33. The van der Waals surface area contributed by atoms with Crippen molar-refractivity contribution < 1.29 is 0 Å². The number of aromatic nitrogens is 2. The molecule has 1 unspecified atom stereocenters. The maximum Gasteiger partial charge on any atom is 0.131 e. The number of hydrogen-bond donors (Lipinski definition) is 1. The van der Waals surface area contributed by atoms with Gasteiger partial charge < -0.3 is 5.32 Å². The summed E-state index contributed by atoms with van der Waals surface area (Å²) in [6.45, 7) is 7.49. The first kappa shape index (κ1) is 14.4. The summed E-state index contributed by atoms with van der Waals surface area (Å²) >= 11 is 6.42. The third-order valence-electron chi connectivity index (χ3n) is 5.10. The molecule has 0 aromatic carbocycles. The largest absolute Gasteiger partial charge is 0.311 e. The summed E-state index contributed by atoms with van der Waals surface area (Å²) in [5.41, 5.74) is 2.62. The van der Waals surface area contributed by atoms with Crippen molar-refractivity contribution in [1.29, 1.82) is 0 Å². The molecule has 0 amide bonds. The summed E-state index contributed by atoms with van der Waals surface area (Å²) in [5, 5.41) is 8.92. The zero-order valence-electron chi connectivity index (χ0n) is 12.7. The Morgan fingerprint density at radius 3 is 2.70 bits per heavy atom. The van der Waals surface area contributed by atoms with Crippen LogP contribution in [0, 0.1) is 6.92 Å². The molecular formula is C15H25ClN4. The lowest BCUT2D eigenvalue weighted by molar-refractivity contribution is 0.0391. The molecule has 2 fully saturated rings. The Morgan fingerprint density at radius 2 is 2.10 bits per heavy atom. The Bertz CT molecular complexity index is 490. The van der Waals surface area contributed by atoms with E-state index in [-0.39, 0.29) is 0 Å². The molecule has 1 aliphatic carbocycles. The van der Waals surface area contributed by atoms with E-state index < -0.39 is 0 Å². The van der Waals surface area contributed by atoms with Gasteiger partial charge in [0.2, 0.25) is 0 Å². The molecule has 2 heterocycles. The van der Waals surface area contributed by atoms with Crippen LogP contribution in [0.15, 0.2) is 0 Å². The van der Waals surface area contributed by atoms with E-state index in [4.69, 9.17) is 11.6 Å². The molecule has 1 N–H and O–H groups in total. The molecule has 0 radical (unpaired) electrons. The summed E-state index contributed by atoms with van der Waals surface area (Å²) in [6, 6.07) is 0.553. The number of aryl methyl sites for hydroxylation is 2. The smallest absolute Gasteiger partial charge is 0.131 e. The second-order valence-corrected chi connectivity index (χ2v) is 6.93. The van der Waals surface area contributed by atoms with Gasteiger partial charge in [0.25, 0.3) is 0 Å². The van der Waals surface area contributed by atoms with Gasteiger partial charge in [-0.2, -0.15) is 5.10 Å². The maximum atomic E-state index is 6.42. The number of piperazine rings is 1. The highest BCUT2D eigenvalue weighted by Gasteiger charge is 2.43. The van der Waals surface area contributed by atoms with Gasteiger partial charge in [-0.3, -0.25) is 9.58 Å². The number of nitrogens with one attached hydrogen (secondary N) is 1. The summed E-state index contributed by atoms with van der Waals surface area (Å²) in [4.78, 5) is 2.66. The van der Waals surface area contributed by atoms with Crippen molar-refractivity contribution in [2.24, 2.45) is 7.05 Å². The summed E-state index contributed by atoms with van der Waals surface area (Å²) < 4.78 is 1.79. The molecule has 20 heavy (non-hydrogen) atoms. The molecule has 5 heteroatoms. The van der Waals surface area contributed by atoms with E-state index in [2.05, 4.69) is 29.2 Å². The highest BCUT2D eigenvalue weighted by Crippen LogP contribution is 2.38. The Morgan fingerprint density at radius 1 is 1.40 bits per heavy atom. The van der Waals surface area contributed by atoms with Gasteiger partial charge in [0.15, 0.2) is 0 Å². The molecule has 1 atom stereocenters. The SMILES string of the molecule is Cc1nn(C)c(Cl)c1CN1CC(C)NCC12CCCC2. The van der Waals surface area contributed by atoms with E-state index >= 15 is 0 Å². The Hall–Kier alpha value is -0.580. The van der Waals surface area contributed by atoms with Crippen LogP contribution in [-0.2, 0) is 13.6 Å². The summed E-state index contributed by atoms with van der Waals surface area (Å²) in [5.74, 6) is 0. The second-order valence-electron chi connectivity index (χ2n) is 6.57. The molecule has 2 aliphatic rings. The van der Waals surface area contributed by atoms with E-state index in [1.54, 1.807) is 4.68 Å². The lowest BCUT2D eigenvalue weighted by Crippen LogP contribution is -2.62. The van der Waals surface area contributed by atoms with Gasteiger partial charge in [-0.1, -0.05) is 24.4 Å². The van der Waals surface area contributed by atoms with Crippen molar-refractivity contribution in [3.05, 3.63) is 16.4 Å². The number of nitrogens with zero attached hydrogens (tertiary/aromatic N) is 3. The first-order valence-corrected chi connectivity index (χ1v) is 8.06. The third kappa shape index (κ3) is 2.38. The molecule has 1 saturated heterocycles. The van der Waals surface area contributed by atoms with Gasteiger partial charge in [-0.15, -0.1) is 0 Å².